The number of hydrogen-bond acceptors (Lipinski definition) is 2. The highest BCUT2D eigenvalue weighted by molar-refractivity contribution is 5.85. The van der Waals surface area contributed by atoms with E-state index in [0.717, 1.165) is 35.2 Å². The fraction of sp³-hybridized carbons (Fsp3) is 0.350. The summed E-state index contributed by atoms with van der Waals surface area (Å²) in [5, 5.41) is 0. The summed E-state index contributed by atoms with van der Waals surface area (Å²) in [6, 6.07) is 14.4. The summed E-state index contributed by atoms with van der Waals surface area (Å²) in [6.07, 6.45) is 2.47. The van der Waals surface area contributed by atoms with Gasteiger partial charge < -0.3 is 11.5 Å². The minimum atomic E-state index is -0.350. The van der Waals surface area contributed by atoms with Gasteiger partial charge in [-0.25, -0.2) is 0 Å². The average Bonchev–Trinajstić information content (AvgIpc) is 3.29. The maximum absolute atomic E-state index is 11.8. The average molecular weight is 308 g/mol. The maximum atomic E-state index is 11.8. The molecule has 2 aromatic carbocycles. The minimum Gasteiger partial charge on any atom is -0.398 e. The van der Waals surface area contributed by atoms with E-state index >= 15 is 0 Å². The number of rotatable bonds is 5. The second kappa shape index (κ2) is 5.73. The van der Waals surface area contributed by atoms with E-state index in [0.29, 0.717) is 12.3 Å². The van der Waals surface area contributed by atoms with Crippen LogP contribution in [0, 0.1) is 5.41 Å². The number of anilines is 1. The standard InChI is InChI=1S/C20H24N2O/c1-13(2)14-7-8-15(12-20(9-10-20)19(22)23)17(11-14)16-5-3-4-6-18(16)21/h3-8,11,13H,9-10,12,21H2,1-2H3,(H2,22,23). The van der Waals surface area contributed by atoms with Gasteiger partial charge in [0.15, 0.2) is 0 Å². The van der Waals surface area contributed by atoms with Gasteiger partial charge in [0.1, 0.15) is 0 Å². The molecule has 3 heteroatoms. The molecule has 1 amide bonds. The summed E-state index contributed by atoms with van der Waals surface area (Å²) in [6.45, 7) is 4.36. The lowest BCUT2D eigenvalue weighted by atomic mass is 9.87. The molecule has 0 atom stereocenters. The molecule has 0 unspecified atom stereocenters. The van der Waals surface area contributed by atoms with Crippen molar-refractivity contribution >= 4 is 11.6 Å². The Hall–Kier alpha value is -2.29. The highest BCUT2D eigenvalue weighted by atomic mass is 16.1. The van der Waals surface area contributed by atoms with Crippen molar-refractivity contribution in [2.24, 2.45) is 11.1 Å². The summed E-state index contributed by atoms with van der Waals surface area (Å²) < 4.78 is 0. The van der Waals surface area contributed by atoms with Crippen LogP contribution in [0.4, 0.5) is 5.69 Å². The van der Waals surface area contributed by atoms with E-state index < -0.39 is 0 Å². The Kier molecular flexibility index (Phi) is 3.88. The van der Waals surface area contributed by atoms with Crippen LogP contribution >= 0.6 is 0 Å². The molecule has 120 valence electrons. The molecule has 3 rings (SSSR count). The summed E-state index contributed by atoms with van der Waals surface area (Å²) in [4.78, 5) is 11.8. The normalized spacial score (nSPS) is 15.6. The minimum absolute atomic E-state index is 0.183. The van der Waals surface area contributed by atoms with Crippen molar-refractivity contribution in [3.05, 3.63) is 53.6 Å². The Balaban J connectivity index is 2.09. The van der Waals surface area contributed by atoms with E-state index in [9.17, 15) is 4.79 Å². The Morgan fingerprint density at radius 3 is 2.39 bits per heavy atom. The number of amides is 1. The zero-order chi connectivity index (χ0) is 16.6. The first kappa shape index (κ1) is 15.6. The van der Waals surface area contributed by atoms with Crippen molar-refractivity contribution in [2.45, 2.75) is 39.0 Å². The smallest absolute Gasteiger partial charge is 0.223 e. The van der Waals surface area contributed by atoms with E-state index in [2.05, 4.69) is 32.0 Å². The van der Waals surface area contributed by atoms with Gasteiger partial charge >= 0.3 is 0 Å². The fourth-order valence-corrected chi connectivity index (χ4v) is 3.13. The van der Waals surface area contributed by atoms with Gasteiger partial charge in [-0.05, 0) is 47.9 Å². The first-order valence-corrected chi connectivity index (χ1v) is 8.20. The van der Waals surface area contributed by atoms with Gasteiger partial charge in [-0.15, -0.1) is 0 Å². The molecule has 1 aliphatic rings. The molecule has 23 heavy (non-hydrogen) atoms. The molecule has 0 saturated heterocycles. The van der Waals surface area contributed by atoms with E-state index in [1.807, 2.05) is 24.3 Å². The molecule has 0 aliphatic heterocycles. The predicted molar refractivity (Wildman–Crippen MR) is 94.9 cm³/mol. The summed E-state index contributed by atoms with van der Waals surface area (Å²) >= 11 is 0. The van der Waals surface area contributed by atoms with E-state index in [-0.39, 0.29) is 11.3 Å². The molecule has 0 aromatic heterocycles. The lowest BCUT2D eigenvalue weighted by Gasteiger charge is -2.18. The molecule has 0 radical (unpaired) electrons. The van der Waals surface area contributed by atoms with Crippen molar-refractivity contribution in [2.75, 3.05) is 5.73 Å². The van der Waals surface area contributed by atoms with Crippen LogP contribution in [0.5, 0.6) is 0 Å². The molecule has 1 aliphatic carbocycles. The summed E-state index contributed by atoms with van der Waals surface area (Å²) in [5.74, 6) is 0.260. The molecule has 3 nitrogen and oxygen atoms in total. The topological polar surface area (TPSA) is 69.1 Å². The second-order valence-electron chi connectivity index (χ2n) is 6.98. The van der Waals surface area contributed by atoms with Crippen LogP contribution in [0.1, 0.15) is 43.7 Å². The van der Waals surface area contributed by atoms with E-state index in [1.54, 1.807) is 0 Å². The highest BCUT2D eigenvalue weighted by Crippen LogP contribution is 2.49. The van der Waals surface area contributed by atoms with Crippen LogP contribution in [-0.2, 0) is 11.2 Å². The highest BCUT2D eigenvalue weighted by Gasteiger charge is 2.48. The number of nitrogens with two attached hydrogens (primary N) is 2. The van der Waals surface area contributed by atoms with E-state index in [4.69, 9.17) is 11.5 Å². The third-order valence-corrected chi connectivity index (χ3v) is 4.96. The quantitative estimate of drug-likeness (QED) is 0.823. The Morgan fingerprint density at radius 2 is 1.83 bits per heavy atom. The molecule has 0 bridgehead atoms. The Morgan fingerprint density at radius 1 is 1.13 bits per heavy atom. The SMILES string of the molecule is CC(C)c1ccc(CC2(C(N)=O)CC2)c(-c2ccccc2N)c1. The number of nitrogen functional groups attached to an aromatic ring is 1. The third-order valence-electron chi connectivity index (χ3n) is 4.96. The molecule has 2 aromatic rings. The van der Waals surface area contributed by atoms with Crippen LogP contribution in [0.3, 0.4) is 0 Å². The largest absolute Gasteiger partial charge is 0.398 e. The monoisotopic (exact) mass is 308 g/mol. The van der Waals surface area contributed by atoms with Crippen LogP contribution in [-0.4, -0.2) is 5.91 Å². The third kappa shape index (κ3) is 2.96. The number of carbonyl (C=O) groups is 1. The Labute approximate surface area is 137 Å². The lowest BCUT2D eigenvalue weighted by molar-refractivity contribution is -0.123. The van der Waals surface area contributed by atoms with Gasteiger partial charge in [0.05, 0.1) is 5.41 Å². The number of carbonyl (C=O) groups excluding carboxylic acids is 1. The molecule has 1 fully saturated rings. The van der Waals surface area contributed by atoms with Gasteiger partial charge in [0.2, 0.25) is 5.91 Å². The van der Waals surface area contributed by atoms with Crippen molar-refractivity contribution in [3.8, 4) is 11.1 Å². The predicted octanol–water partition coefficient (Wildman–Crippen LogP) is 3.87. The molecule has 0 spiro atoms. The van der Waals surface area contributed by atoms with Gasteiger partial charge in [-0.2, -0.15) is 0 Å². The number of hydrogen-bond donors (Lipinski definition) is 2. The first-order chi connectivity index (χ1) is 10.9. The van der Waals surface area contributed by atoms with Crippen LogP contribution in [0.2, 0.25) is 0 Å². The molecule has 1 saturated carbocycles. The number of primary amides is 1. The van der Waals surface area contributed by atoms with Crippen molar-refractivity contribution in [1.82, 2.24) is 0 Å². The number of benzene rings is 2. The van der Waals surface area contributed by atoms with Crippen molar-refractivity contribution < 1.29 is 4.79 Å². The second-order valence-corrected chi connectivity index (χ2v) is 6.98. The summed E-state index contributed by atoms with van der Waals surface area (Å²) in [7, 11) is 0. The van der Waals surface area contributed by atoms with Crippen LogP contribution < -0.4 is 11.5 Å². The number of para-hydroxylation sites is 1. The molecule has 4 N–H and O–H groups in total. The van der Waals surface area contributed by atoms with Gasteiger partial charge in [0.25, 0.3) is 0 Å². The fourth-order valence-electron chi connectivity index (χ4n) is 3.13. The van der Waals surface area contributed by atoms with Gasteiger partial charge in [0, 0.05) is 11.3 Å². The van der Waals surface area contributed by atoms with Crippen molar-refractivity contribution in [3.63, 3.8) is 0 Å². The molecule has 0 heterocycles. The first-order valence-electron chi connectivity index (χ1n) is 8.20. The summed E-state index contributed by atoms with van der Waals surface area (Å²) in [5.41, 5.74) is 16.8. The molecular formula is C20H24N2O. The van der Waals surface area contributed by atoms with Gasteiger partial charge in [-0.1, -0.05) is 50.2 Å². The zero-order valence-corrected chi connectivity index (χ0v) is 13.8. The lowest BCUT2D eigenvalue weighted by Crippen LogP contribution is -2.26. The van der Waals surface area contributed by atoms with Crippen LogP contribution in [0.25, 0.3) is 11.1 Å². The van der Waals surface area contributed by atoms with Crippen LogP contribution in [0.15, 0.2) is 42.5 Å². The van der Waals surface area contributed by atoms with E-state index in [1.165, 1.54) is 5.56 Å². The van der Waals surface area contributed by atoms with Gasteiger partial charge in [-0.3, -0.25) is 4.79 Å². The zero-order valence-electron chi connectivity index (χ0n) is 13.8. The molecular weight excluding hydrogens is 284 g/mol. The Bertz CT molecular complexity index is 745. The van der Waals surface area contributed by atoms with Crippen molar-refractivity contribution in [1.29, 1.82) is 0 Å². The maximum Gasteiger partial charge on any atom is 0.223 e.